The van der Waals surface area contributed by atoms with Gasteiger partial charge in [-0.05, 0) is 43.8 Å². The minimum absolute atomic E-state index is 0.202. The number of likely N-dealkylation sites (tertiary alicyclic amines) is 1. The highest BCUT2D eigenvalue weighted by Crippen LogP contribution is 2.31. The van der Waals surface area contributed by atoms with Crippen LogP contribution >= 0.6 is 0 Å². The van der Waals surface area contributed by atoms with Gasteiger partial charge in [0, 0.05) is 18.0 Å². The predicted molar refractivity (Wildman–Crippen MR) is 77.4 cm³/mol. The lowest BCUT2D eigenvalue weighted by Crippen LogP contribution is -2.41. The second kappa shape index (κ2) is 5.46. The van der Waals surface area contributed by atoms with Crippen molar-refractivity contribution < 1.29 is 4.79 Å². The van der Waals surface area contributed by atoms with Gasteiger partial charge in [0.05, 0.1) is 0 Å². The number of nitrogens with zero attached hydrogens (tertiary/aromatic N) is 1. The largest absolute Gasteiger partial charge is 0.303 e. The third-order valence-corrected chi connectivity index (χ3v) is 4.75. The average molecular weight is 257 g/mol. The van der Waals surface area contributed by atoms with Crippen LogP contribution in [-0.4, -0.2) is 30.3 Å². The van der Waals surface area contributed by atoms with Crippen LogP contribution in [0.1, 0.15) is 42.1 Å². The molecule has 2 unspecified atom stereocenters. The number of ketones is 1. The minimum atomic E-state index is 0.202. The number of piperidine rings is 1. The van der Waals surface area contributed by atoms with Gasteiger partial charge in [0.25, 0.3) is 0 Å². The molecule has 2 atom stereocenters. The average Bonchev–Trinajstić information content (AvgIpc) is 2.45. The summed E-state index contributed by atoms with van der Waals surface area (Å²) in [6.07, 6.45) is 5.01. The van der Waals surface area contributed by atoms with Crippen LogP contribution in [0.3, 0.4) is 0 Å². The third-order valence-electron chi connectivity index (χ3n) is 4.75. The van der Waals surface area contributed by atoms with Gasteiger partial charge in [0.15, 0.2) is 5.78 Å². The van der Waals surface area contributed by atoms with E-state index in [1.807, 2.05) is 18.2 Å². The Balaban J connectivity index is 1.77. The standard InChI is InChI=1S/C17H23NO/c1-13-11-14-7-3-4-8-15(14)17(19)16(13)12-18-9-5-2-6-10-18/h3-4,7-8,13,16H,2,5-6,9-12H2,1H3. The molecule has 0 aromatic heterocycles. The van der Waals surface area contributed by atoms with Gasteiger partial charge in [0.1, 0.15) is 0 Å². The second-order valence-corrected chi connectivity index (χ2v) is 6.17. The summed E-state index contributed by atoms with van der Waals surface area (Å²) in [5, 5.41) is 0. The summed E-state index contributed by atoms with van der Waals surface area (Å²) in [6, 6.07) is 8.15. The Bertz CT molecular complexity index is 462. The molecule has 19 heavy (non-hydrogen) atoms. The highest BCUT2D eigenvalue weighted by molar-refractivity contribution is 6.00. The second-order valence-electron chi connectivity index (χ2n) is 6.17. The normalized spacial score (nSPS) is 28.2. The van der Waals surface area contributed by atoms with E-state index >= 15 is 0 Å². The molecule has 1 aromatic rings. The third kappa shape index (κ3) is 2.59. The molecule has 2 heteroatoms. The summed E-state index contributed by atoms with van der Waals surface area (Å²) in [7, 11) is 0. The van der Waals surface area contributed by atoms with Gasteiger partial charge in [-0.15, -0.1) is 0 Å². The van der Waals surface area contributed by atoms with Crippen LogP contribution in [0.15, 0.2) is 24.3 Å². The maximum absolute atomic E-state index is 12.7. The molecule has 1 aliphatic heterocycles. The molecule has 0 radical (unpaired) electrons. The van der Waals surface area contributed by atoms with Crippen molar-refractivity contribution in [3.8, 4) is 0 Å². The number of rotatable bonds is 2. The van der Waals surface area contributed by atoms with E-state index in [1.165, 1.54) is 37.9 Å². The van der Waals surface area contributed by atoms with E-state index in [4.69, 9.17) is 0 Å². The van der Waals surface area contributed by atoms with Crippen molar-refractivity contribution in [2.45, 2.75) is 32.6 Å². The van der Waals surface area contributed by atoms with E-state index in [9.17, 15) is 4.79 Å². The smallest absolute Gasteiger partial charge is 0.167 e. The highest BCUT2D eigenvalue weighted by atomic mass is 16.1. The number of hydrogen-bond donors (Lipinski definition) is 0. The van der Waals surface area contributed by atoms with Crippen molar-refractivity contribution in [3.63, 3.8) is 0 Å². The highest BCUT2D eigenvalue weighted by Gasteiger charge is 2.33. The molecular weight excluding hydrogens is 234 g/mol. The summed E-state index contributed by atoms with van der Waals surface area (Å²) in [5.41, 5.74) is 2.22. The summed E-state index contributed by atoms with van der Waals surface area (Å²) in [5.74, 6) is 1.05. The maximum Gasteiger partial charge on any atom is 0.167 e. The van der Waals surface area contributed by atoms with Gasteiger partial charge < -0.3 is 4.90 Å². The fraction of sp³-hybridized carbons (Fsp3) is 0.588. The van der Waals surface area contributed by atoms with E-state index in [0.29, 0.717) is 11.7 Å². The lowest BCUT2D eigenvalue weighted by atomic mass is 9.75. The first-order chi connectivity index (χ1) is 9.25. The predicted octanol–water partition coefficient (Wildman–Crippen LogP) is 3.16. The van der Waals surface area contributed by atoms with Gasteiger partial charge in [0.2, 0.25) is 0 Å². The van der Waals surface area contributed by atoms with E-state index < -0.39 is 0 Å². The van der Waals surface area contributed by atoms with Crippen molar-refractivity contribution in [2.24, 2.45) is 11.8 Å². The zero-order valence-electron chi connectivity index (χ0n) is 11.8. The number of carbonyl (C=O) groups is 1. The Morgan fingerprint density at radius 3 is 2.68 bits per heavy atom. The summed E-state index contributed by atoms with van der Waals surface area (Å²) >= 11 is 0. The fourth-order valence-electron chi connectivity index (χ4n) is 3.57. The van der Waals surface area contributed by atoms with Crippen LogP contribution in [0.5, 0.6) is 0 Å². The van der Waals surface area contributed by atoms with Crippen LogP contribution in [0, 0.1) is 11.8 Å². The lowest BCUT2D eigenvalue weighted by molar-refractivity contribution is 0.0786. The monoisotopic (exact) mass is 257 g/mol. The Hall–Kier alpha value is -1.15. The Morgan fingerprint density at radius 1 is 1.16 bits per heavy atom. The van der Waals surface area contributed by atoms with Crippen LogP contribution in [0.25, 0.3) is 0 Å². The molecule has 1 fully saturated rings. The van der Waals surface area contributed by atoms with Gasteiger partial charge in [-0.25, -0.2) is 0 Å². The van der Waals surface area contributed by atoms with E-state index in [2.05, 4.69) is 17.9 Å². The maximum atomic E-state index is 12.7. The van der Waals surface area contributed by atoms with E-state index in [-0.39, 0.29) is 5.92 Å². The molecule has 102 valence electrons. The molecule has 1 aromatic carbocycles. The molecule has 1 saturated heterocycles. The number of Topliss-reactive ketones (excluding diaryl/α,β-unsaturated/α-hetero) is 1. The molecule has 0 amide bonds. The van der Waals surface area contributed by atoms with Crippen molar-refractivity contribution >= 4 is 5.78 Å². The quantitative estimate of drug-likeness (QED) is 0.811. The molecule has 0 N–H and O–H groups in total. The first-order valence-electron chi connectivity index (χ1n) is 7.60. The Kier molecular flexibility index (Phi) is 3.69. The molecule has 3 rings (SSSR count). The number of hydrogen-bond acceptors (Lipinski definition) is 2. The zero-order chi connectivity index (χ0) is 13.2. The van der Waals surface area contributed by atoms with Crippen LogP contribution < -0.4 is 0 Å². The van der Waals surface area contributed by atoms with Gasteiger partial charge in [-0.3, -0.25) is 4.79 Å². The van der Waals surface area contributed by atoms with Crippen molar-refractivity contribution in [1.29, 1.82) is 0 Å². The number of benzene rings is 1. The number of carbonyl (C=O) groups excluding carboxylic acids is 1. The summed E-state index contributed by atoms with van der Waals surface area (Å²) < 4.78 is 0. The Morgan fingerprint density at radius 2 is 1.89 bits per heavy atom. The van der Waals surface area contributed by atoms with E-state index in [1.54, 1.807) is 0 Å². The molecule has 2 nitrogen and oxygen atoms in total. The van der Waals surface area contributed by atoms with Crippen LogP contribution in [0.2, 0.25) is 0 Å². The van der Waals surface area contributed by atoms with E-state index in [0.717, 1.165) is 18.5 Å². The molecular formula is C17H23NO. The molecule has 0 spiro atoms. The zero-order valence-corrected chi connectivity index (χ0v) is 11.8. The topological polar surface area (TPSA) is 20.3 Å². The lowest BCUT2D eigenvalue weighted by Gasteiger charge is -2.35. The SMILES string of the molecule is CC1Cc2ccccc2C(=O)C1CN1CCCCC1. The van der Waals surface area contributed by atoms with Gasteiger partial charge >= 0.3 is 0 Å². The first kappa shape index (κ1) is 12.9. The molecule has 1 heterocycles. The fourth-order valence-corrected chi connectivity index (χ4v) is 3.57. The van der Waals surface area contributed by atoms with Gasteiger partial charge in [-0.2, -0.15) is 0 Å². The molecule has 2 aliphatic rings. The minimum Gasteiger partial charge on any atom is -0.303 e. The molecule has 0 bridgehead atoms. The first-order valence-corrected chi connectivity index (χ1v) is 7.60. The molecule has 0 saturated carbocycles. The Labute approximate surface area is 115 Å². The summed E-state index contributed by atoms with van der Waals surface area (Å²) in [4.78, 5) is 15.2. The van der Waals surface area contributed by atoms with Gasteiger partial charge in [-0.1, -0.05) is 37.6 Å². The van der Waals surface area contributed by atoms with Crippen LogP contribution in [0.4, 0.5) is 0 Å². The summed E-state index contributed by atoms with van der Waals surface area (Å²) in [6.45, 7) is 5.56. The van der Waals surface area contributed by atoms with Crippen molar-refractivity contribution in [1.82, 2.24) is 4.90 Å². The molecule has 1 aliphatic carbocycles. The van der Waals surface area contributed by atoms with Crippen molar-refractivity contribution in [2.75, 3.05) is 19.6 Å². The van der Waals surface area contributed by atoms with Crippen molar-refractivity contribution in [3.05, 3.63) is 35.4 Å². The number of fused-ring (bicyclic) bond motifs is 1. The van der Waals surface area contributed by atoms with Crippen LogP contribution in [-0.2, 0) is 6.42 Å².